The molecular formula is C32H28N2O2S2. The van der Waals surface area contributed by atoms with Crippen molar-refractivity contribution in [3.05, 3.63) is 100 Å². The second kappa shape index (κ2) is 9.07. The van der Waals surface area contributed by atoms with Crippen molar-refractivity contribution in [1.82, 2.24) is 4.98 Å². The first-order valence-electron chi connectivity index (χ1n) is 12.7. The van der Waals surface area contributed by atoms with Gasteiger partial charge in [0.05, 0.1) is 15.9 Å². The van der Waals surface area contributed by atoms with E-state index in [1.807, 2.05) is 42.5 Å². The zero-order chi connectivity index (χ0) is 26.8. The molecule has 38 heavy (non-hydrogen) atoms. The molecule has 1 aliphatic heterocycles. The SMILES string of the molecule is Cc1cc(C(C)(C)C)cc(C)c1CSc1nc2ccc(N3C(=O)c4cccc5cccc(c45)C3=O)cc2s1. The molecule has 4 aromatic carbocycles. The van der Waals surface area contributed by atoms with Crippen LogP contribution in [0.5, 0.6) is 0 Å². The Morgan fingerprint density at radius 3 is 2.11 bits per heavy atom. The first-order chi connectivity index (χ1) is 18.1. The van der Waals surface area contributed by atoms with Crippen LogP contribution in [0.15, 0.2) is 71.1 Å². The normalized spacial score (nSPS) is 13.7. The molecule has 190 valence electrons. The first-order valence-corrected chi connectivity index (χ1v) is 14.5. The highest BCUT2D eigenvalue weighted by Gasteiger charge is 2.34. The Morgan fingerprint density at radius 2 is 1.50 bits per heavy atom. The molecule has 0 spiro atoms. The van der Waals surface area contributed by atoms with Crippen molar-refractivity contribution in [2.75, 3.05) is 4.90 Å². The molecule has 6 heteroatoms. The number of imide groups is 1. The van der Waals surface area contributed by atoms with Crippen molar-refractivity contribution in [1.29, 1.82) is 0 Å². The molecule has 1 aromatic heterocycles. The fraction of sp³-hybridized carbons (Fsp3) is 0.219. The molecule has 0 N–H and O–H groups in total. The van der Waals surface area contributed by atoms with Crippen molar-refractivity contribution in [2.24, 2.45) is 0 Å². The van der Waals surface area contributed by atoms with Crippen molar-refractivity contribution < 1.29 is 9.59 Å². The largest absolute Gasteiger partial charge is 0.268 e. The lowest BCUT2D eigenvalue weighted by atomic mass is 9.84. The number of rotatable bonds is 4. The Hall–Kier alpha value is -3.48. The number of aromatic nitrogens is 1. The summed E-state index contributed by atoms with van der Waals surface area (Å²) < 4.78 is 1.93. The van der Waals surface area contributed by atoms with E-state index < -0.39 is 0 Å². The number of nitrogens with zero attached hydrogens (tertiary/aromatic N) is 2. The zero-order valence-electron chi connectivity index (χ0n) is 22.1. The van der Waals surface area contributed by atoms with Crippen LogP contribution >= 0.6 is 23.1 Å². The third kappa shape index (κ3) is 4.12. The molecule has 0 unspecified atom stereocenters. The number of benzene rings is 4. The van der Waals surface area contributed by atoms with Gasteiger partial charge in [0, 0.05) is 22.3 Å². The minimum atomic E-state index is -0.289. The second-order valence-electron chi connectivity index (χ2n) is 10.9. The molecule has 6 rings (SSSR count). The van der Waals surface area contributed by atoms with Crippen molar-refractivity contribution in [3.63, 3.8) is 0 Å². The number of aryl methyl sites for hydroxylation is 2. The summed E-state index contributed by atoms with van der Waals surface area (Å²) in [5.41, 5.74) is 8.00. The van der Waals surface area contributed by atoms with Gasteiger partial charge in [0.2, 0.25) is 0 Å². The number of amides is 2. The maximum absolute atomic E-state index is 13.5. The monoisotopic (exact) mass is 536 g/mol. The van der Waals surface area contributed by atoms with E-state index >= 15 is 0 Å². The summed E-state index contributed by atoms with van der Waals surface area (Å²) in [7, 11) is 0. The summed E-state index contributed by atoms with van der Waals surface area (Å²) >= 11 is 3.33. The summed E-state index contributed by atoms with van der Waals surface area (Å²) in [4.78, 5) is 33.0. The summed E-state index contributed by atoms with van der Waals surface area (Å²) in [6.07, 6.45) is 0. The van der Waals surface area contributed by atoms with Crippen LogP contribution in [0.25, 0.3) is 21.0 Å². The molecule has 0 atom stereocenters. The van der Waals surface area contributed by atoms with E-state index in [-0.39, 0.29) is 17.2 Å². The number of thioether (sulfide) groups is 1. The van der Waals surface area contributed by atoms with Gasteiger partial charge in [-0.05, 0) is 77.2 Å². The van der Waals surface area contributed by atoms with E-state index in [1.165, 1.54) is 27.2 Å². The van der Waals surface area contributed by atoms with Gasteiger partial charge in [0.25, 0.3) is 11.8 Å². The molecule has 0 saturated carbocycles. The molecular weight excluding hydrogens is 508 g/mol. The summed E-state index contributed by atoms with van der Waals surface area (Å²) in [6.45, 7) is 11.1. The van der Waals surface area contributed by atoms with Gasteiger partial charge in [-0.1, -0.05) is 68.9 Å². The van der Waals surface area contributed by atoms with Gasteiger partial charge in [-0.25, -0.2) is 9.88 Å². The predicted octanol–water partition coefficient (Wildman–Crippen LogP) is 8.46. The van der Waals surface area contributed by atoms with Gasteiger partial charge in [-0.15, -0.1) is 11.3 Å². The fourth-order valence-corrected chi connectivity index (χ4v) is 7.44. The summed E-state index contributed by atoms with van der Waals surface area (Å²) in [6, 6.07) is 21.4. The van der Waals surface area contributed by atoms with Gasteiger partial charge < -0.3 is 0 Å². The van der Waals surface area contributed by atoms with Crippen LogP contribution in [-0.4, -0.2) is 16.8 Å². The molecule has 4 nitrogen and oxygen atoms in total. The zero-order valence-corrected chi connectivity index (χ0v) is 23.7. The van der Waals surface area contributed by atoms with Gasteiger partial charge in [-0.3, -0.25) is 9.59 Å². The van der Waals surface area contributed by atoms with E-state index in [0.29, 0.717) is 16.8 Å². The van der Waals surface area contributed by atoms with Crippen LogP contribution in [0.2, 0.25) is 0 Å². The van der Waals surface area contributed by atoms with Crippen molar-refractivity contribution in [2.45, 2.75) is 50.1 Å². The number of carbonyl (C=O) groups is 2. The van der Waals surface area contributed by atoms with E-state index in [4.69, 9.17) is 4.98 Å². The molecule has 0 bridgehead atoms. The van der Waals surface area contributed by atoms with Gasteiger partial charge in [-0.2, -0.15) is 0 Å². The molecule has 2 heterocycles. The van der Waals surface area contributed by atoms with Crippen LogP contribution in [0.1, 0.15) is 63.7 Å². The molecule has 0 fully saturated rings. The van der Waals surface area contributed by atoms with Crippen LogP contribution in [0, 0.1) is 13.8 Å². The maximum atomic E-state index is 13.5. The Morgan fingerprint density at radius 1 is 0.868 bits per heavy atom. The highest BCUT2D eigenvalue weighted by Crippen LogP contribution is 2.38. The molecule has 0 saturated heterocycles. The highest BCUT2D eigenvalue weighted by molar-refractivity contribution is 8.00. The number of fused-ring (bicyclic) bond motifs is 1. The standard InChI is InChI=1S/C32H28N2O2S2/c1-18-14-21(32(3,4)5)15-19(2)25(18)17-37-31-33-26-13-12-22(16-27(26)38-31)34-29(35)23-10-6-8-20-9-7-11-24(28(20)23)30(34)36/h6-16H,17H2,1-5H3. The number of anilines is 1. The van der Waals surface area contributed by atoms with E-state index in [2.05, 4.69) is 46.8 Å². The van der Waals surface area contributed by atoms with Gasteiger partial charge in [0.1, 0.15) is 0 Å². The Bertz CT molecular complexity index is 1700. The summed E-state index contributed by atoms with van der Waals surface area (Å²) in [5.74, 6) is 0.267. The third-order valence-electron chi connectivity index (χ3n) is 7.28. The minimum Gasteiger partial charge on any atom is -0.268 e. The van der Waals surface area contributed by atoms with Crippen LogP contribution in [0.3, 0.4) is 0 Å². The quantitative estimate of drug-likeness (QED) is 0.171. The number of hydrogen-bond donors (Lipinski definition) is 0. The van der Waals surface area contributed by atoms with E-state index in [9.17, 15) is 9.59 Å². The van der Waals surface area contributed by atoms with Crippen LogP contribution in [0.4, 0.5) is 5.69 Å². The maximum Gasteiger partial charge on any atom is 0.265 e. The Kier molecular flexibility index (Phi) is 5.93. The average Bonchev–Trinajstić information content (AvgIpc) is 3.28. The molecule has 0 aliphatic carbocycles. The Balaban J connectivity index is 1.29. The lowest BCUT2D eigenvalue weighted by Crippen LogP contribution is -2.40. The molecule has 2 amide bonds. The topological polar surface area (TPSA) is 50.3 Å². The summed E-state index contributed by atoms with van der Waals surface area (Å²) in [5, 5.41) is 1.64. The fourth-order valence-electron chi connectivity index (χ4n) is 5.15. The number of hydrogen-bond acceptors (Lipinski definition) is 5. The van der Waals surface area contributed by atoms with Crippen molar-refractivity contribution in [3.8, 4) is 0 Å². The lowest BCUT2D eigenvalue weighted by Gasteiger charge is -2.27. The van der Waals surface area contributed by atoms with Crippen LogP contribution in [-0.2, 0) is 11.2 Å². The average molecular weight is 537 g/mol. The van der Waals surface area contributed by atoms with Gasteiger partial charge in [0.15, 0.2) is 4.34 Å². The van der Waals surface area contributed by atoms with Crippen LogP contribution < -0.4 is 4.90 Å². The minimum absolute atomic E-state index is 0.123. The van der Waals surface area contributed by atoms with E-state index in [1.54, 1.807) is 35.2 Å². The first kappa shape index (κ1) is 24.8. The van der Waals surface area contributed by atoms with Crippen molar-refractivity contribution >= 4 is 61.6 Å². The molecule has 5 aromatic rings. The number of carbonyl (C=O) groups excluding carboxylic acids is 2. The smallest absolute Gasteiger partial charge is 0.265 e. The molecule has 1 aliphatic rings. The predicted molar refractivity (Wildman–Crippen MR) is 159 cm³/mol. The third-order valence-corrected chi connectivity index (χ3v) is 9.47. The van der Waals surface area contributed by atoms with E-state index in [0.717, 1.165) is 31.1 Å². The second-order valence-corrected chi connectivity index (χ2v) is 13.2. The highest BCUT2D eigenvalue weighted by atomic mass is 32.2. The number of thiazole rings is 1. The van der Waals surface area contributed by atoms with Gasteiger partial charge >= 0.3 is 0 Å². The Labute approximate surface area is 230 Å². The lowest BCUT2D eigenvalue weighted by molar-refractivity contribution is 0.0893. The molecule has 0 radical (unpaired) electrons.